The Balaban J connectivity index is 2.15. The van der Waals surface area contributed by atoms with Crippen molar-refractivity contribution < 1.29 is 23.9 Å². The van der Waals surface area contributed by atoms with Gasteiger partial charge in [0, 0.05) is 24.5 Å². The summed E-state index contributed by atoms with van der Waals surface area (Å²) < 4.78 is 10.5. The summed E-state index contributed by atoms with van der Waals surface area (Å²) in [5, 5.41) is 0. The molecule has 5 heteroatoms. The molecule has 0 radical (unpaired) electrons. The molecule has 0 aromatic heterocycles. The maximum atomic E-state index is 12.4. The number of hydrogen-bond donors (Lipinski definition) is 0. The van der Waals surface area contributed by atoms with Crippen LogP contribution in [0.3, 0.4) is 0 Å². The quantitative estimate of drug-likeness (QED) is 0.533. The fourth-order valence-corrected chi connectivity index (χ4v) is 2.71. The Morgan fingerprint density at radius 2 is 1.88 bits per heavy atom. The zero-order valence-electron chi connectivity index (χ0n) is 14.3. The molecular weight excluding hydrogens is 308 g/mol. The standard InChI is InChI=1S/C19H24O5/c1-3-5-7-16(20)15-12-19(22)24-17-11-13(9-10-14(15)17)23-18(21)8-6-4-2/h9-11,15H,3-8,12H2,1-2H3. The summed E-state index contributed by atoms with van der Waals surface area (Å²) in [4.78, 5) is 35.9. The van der Waals surface area contributed by atoms with Crippen molar-refractivity contribution in [3.63, 3.8) is 0 Å². The molecule has 0 amide bonds. The number of ketones is 1. The molecule has 24 heavy (non-hydrogen) atoms. The third-order valence-corrected chi connectivity index (χ3v) is 4.09. The second-order valence-corrected chi connectivity index (χ2v) is 6.08. The van der Waals surface area contributed by atoms with Crippen molar-refractivity contribution in [3.05, 3.63) is 23.8 Å². The number of carbonyl (C=O) groups is 3. The number of ether oxygens (including phenoxy) is 2. The first-order valence-electron chi connectivity index (χ1n) is 8.63. The largest absolute Gasteiger partial charge is 0.426 e. The van der Waals surface area contributed by atoms with Gasteiger partial charge in [0.15, 0.2) is 0 Å². The summed E-state index contributed by atoms with van der Waals surface area (Å²) >= 11 is 0. The highest BCUT2D eigenvalue weighted by Gasteiger charge is 2.32. The van der Waals surface area contributed by atoms with E-state index in [9.17, 15) is 14.4 Å². The molecule has 0 saturated heterocycles. The minimum Gasteiger partial charge on any atom is -0.426 e. The zero-order chi connectivity index (χ0) is 17.5. The van der Waals surface area contributed by atoms with Crippen LogP contribution in [0.15, 0.2) is 18.2 Å². The van der Waals surface area contributed by atoms with E-state index in [0.717, 1.165) is 25.7 Å². The van der Waals surface area contributed by atoms with Crippen molar-refractivity contribution >= 4 is 17.7 Å². The molecule has 5 nitrogen and oxygen atoms in total. The Labute approximate surface area is 142 Å². The molecule has 130 valence electrons. The van der Waals surface area contributed by atoms with Crippen LogP contribution in [0.1, 0.15) is 70.3 Å². The molecule has 0 spiro atoms. The summed E-state index contributed by atoms with van der Waals surface area (Å²) in [5.74, 6) is -0.479. The number of esters is 2. The van der Waals surface area contributed by atoms with Crippen molar-refractivity contribution in [1.29, 1.82) is 0 Å². The van der Waals surface area contributed by atoms with Gasteiger partial charge in [0.25, 0.3) is 0 Å². The van der Waals surface area contributed by atoms with Crippen LogP contribution in [0.5, 0.6) is 11.5 Å². The first-order chi connectivity index (χ1) is 11.5. The first-order valence-corrected chi connectivity index (χ1v) is 8.63. The summed E-state index contributed by atoms with van der Waals surface area (Å²) in [6.45, 7) is 4.02. The summed E-state index contributed by atoms with van der Waals surface area (Å²) in [6.07, 6.45) is 4.32. The van der Waals surface area contributed by atoms with E-state index in [4.69, 9.17) is 9.47 Å². The van der Waals surface area contributed by atoms with Crippen molar-refractivity contribution in [3.8, 4) is 11.5 Å². The van der Waals surface area contributed by atoms with Crippen LogP contribution in [0.25, 0.3) is 0 Å². The lowest BCUT2D eigenvalue weighted by atomic mass is 9.87. The number of rotatable bonds is 8. The third kappa shape index (κ3) is 4.66. The van der Waals surface area contributed by atoms with Crippen LogP contribution < -0.4 is 9.47 Å². The Bertz CT molecular complexity index is 620. The molecule has 0 aliphatic carbocycles. The van der Waals surface area contributed by atoms with Gasteiger partial charge in [-0.25, -0.2) is 0 Å². The SMILES string of the molecule is CCCCC(=O)Oc1ccc2c(c1)OC(=O)CC2C(=O)CCCC. The van der Waals surface area contributed by atoms with E-state index in [2.05, 4.69) is 0 Å². The minimum absolute atomic E-state index is 0.0578. The van der Waals surface area contributed by atoms with Gasteiger partial charge >= 0.3 is 11.9 Å². The van der Waals surface area contributed by atoms with Crippen molar-refractivity contribution in [1.82, 2.24) is 0 Å². The summed E-state index contributed by atoms with van der Waals surface area (Å²) in [5.41, 5.74) is 0.698. The second-order valence-electron chi connectivity index (χ2n) is 6.08. The smallest absolute Gasteiger partial charge is 0.312 e. The molecule has 0 fully saturated rings. The highest BCUT2D eigenvalue weighted by atomic mass is 16.5. The molecule has 0 N–H and O–H groups in total. The zero-order valence-corrected chi connectivity index (χ0v) is 14.3. The average molecular weight is 332 g/mol. The number of benzene rings is 1. The normalized spacial score (nSPS) is 16.2. The Morgan fingerprint density at radius 1 is 1.17 bits per heavy atom. The molecule has 1 unspecified atom stereocenters. The van der Waals surface area contributed by atoms with Crippen LogP contribution in [-0.2, 0) is 14.4 Å². The molecule has 2 rings (SSSR count). The van der Waals surface area contributed by atoms with E-state index >= 15 is 0 Å². The van der Waals surface area contributed by atoms with Gasteiger partial charge in [-0.05, 0) is 18.9 Å². The van der Waals surface area contributed by atoms with E-state index in [1.807, 2.05) is 13.8 Å². The molecule has 1 aliphatic rings. The molecule has 0 bridgehead atoms. The monoisotopic (exact) mass is 332 g/mol. The predicted molar refractivity (Wildman–Crippen MR) is 89.1 cm³/mol. The van der Waals surface area contributed by atoms with E-state index in [1.165, 1.54) is 6.07 Å². The van der Waals surface area contributed by atoms with Gasteiger partial charge in [-0.3, -0.25) is 14.4 Å². The van der Waals surface area contributed by atoms with Crippen LogP contribution >= 0.6 is 0 Å². The van der Waals surface area contributed by atoms with E-state index in [-0.39, 0.29) is 18.2 Å². The van der Waals surface area contributed by atoms with Crippen molar-refractivity contribution in [2.75, 3.05) is 0 Å². The maximum Gasteiger partial charge on any atom is 0.312 e. The van der Waals surface area contributed by atoms with Gasteiger partial charge < -0.3 is 9.47 Å². The number of fused-ring (bicyclic) bond motifs is 1. The number of Topliss-reactive ketones (excluding diaryl/α,β-unsaturated/α-hetero) is 1. The van der Waals surface area contributed by atoms with Crippen molar-refractivity contribution in [2.45, 2.75) is 64.7 Å². The molecule has 1 atom stereocenters. The molecule has 1 aliphatic heterocycles. The topological polar surface area (TPSA) is 69.7 Å². The van der Waals surface area contributed by atoms with Gasteiger partial charge in [-0.1, -0.05) is 32.8 Å². The molecule has 1 aromatic rings. The van der Waals surface area contributed by atoms with Gasteiger partial charge in [0.2, 0.25) is 0 Å². The van der Waals surface area contributed by atoms with Gasteiger partial charge in [-0.15, -0.1) is 0 Å². The maximum absolute atomic E-state index is 12.4. The highest BCUT2D eigenvalue weighted by Crippen LogP contribution is 2.38. The Kier molecular flexibility index (Phi) is 6.53. The predicted octanol–water partition coefficient (Wildman–Crippen LogP) is 3.93. The molecule has 0 saturated carbocycles. The number of carbonyl (C=O) groups excluding carboxylic acids is 3. The van der Waals surface area contributed by atoms with E-state index in [1.54, 1.807) is 12.1 Å². The highest BCUT2D eigenvalue weighted by molar-refractivity contribution is 5.93. The lowest BCUT2D eigenvalue weighted by Crippen LogP contribution is -2.25. The fraction of sp³-hybridized carbons (Fsp3) is 0.526. The van der Waals surface area contributed by atoms with Crippen LogP contribution in [-0.4, -0.2) is 17.7 Å². The fourth-order valence-electron chi connectivity index (χ4n) is 2.71. The molecule has 1 aromatic carbocycles. The summed E-state index contributed by atoms with van der Waals surface area (Å²) in [6, 6.07) is 4.90. The Hall–Kier alpha value is -2.17. The van der Waals surface area contributed by atoms with Crippen LogP contribution in [0.2, 0.25) is 0 Å². The van der Waals surface area contributed by atoms with Crippen LogP contribution in [0.4, 0.5) is 0 Å². The van der Waals surface area contributed by atoms with Crippen molar-refractivity contribution in [2.24, 2.45) is 0 Å². The third-order valence-electron chi connectivity index (χ3n) is 4.09. The van der Waals surface area contributed by atoms with Crippen LogP contribution in [0, 0.1) is 0 Å². The lowest BCUT2D eigenvalue weighted by molar-refractivity contribution is -0.138. The summed E-state index contributed by atoms with van der Waals surface area (Å²) in [7, 11) is 0. The lowest BCUT2D eigenvalue weighted by Gasteiger charge is -2.24. The van der Waals surface area contributed by atoms with E-state index < -0.39 is 11.9 Å². The molecular formula is C19H24O5. The van der Waals surface area contributed by atoms with Gasteiger partial charge in [-0.2, -0.15) is 0 Å². The van der Waals surface area contributed by atoms with Gasteiger partial charge in [0.1, 0.15) is 17.3 Å². The average Bonchev–Trinajstić information content (AvgIpc) is 2.56. The second kappa shape index (κ2) is 8.62. The van der Waals surface area contributed by atoms with Gasteiger partial charge in [0.05, 0.1) is 12.3 Å². The van der Waals surface area contributed by atoms with E-state index in [0.29, 0.717) is 29.9 Å². The first kappa shape index (κ1) is 18.2. The molecule has 1 heterocycles. The Morgan fingerprint density at radius 3 is 2.58 bits per heavy atom. The number of unbranched alkanes of at least 4 members (excludes halogenated alkanes) is 2. The number of hydrogen-bond acceptors (Lipinski definition) is 5. The minimum atomic E-state index is -0.461.